The maximum absolute atomic E-state index is 13.8. The Bertz CT molecular complexity index is 595. The van der Waals surface area contributed by atoms with Gasteiger partial charge in [-0.25, -0.2) is 4.39 Å². The number of nitrogens with zero attached hydrogens (tertiary/aromatic N) is 2. The van der Waals surface area contributed by atoms with Crippen LogP contribution in [0, 0.1) is 9.39 Å². The van der Waals surface area contributed by atoms with Crippen LogP contribution in [0.5, 0.6) is 0 Å². The lowest BCUT2D eigenvalue weighted by molar-refractivity contribution is 0.573. The molecule has 0 radical (unpaired) electrons. The van der Waals surface area contributed by atoms with Crippen molar-refractivity contribution >= 4 is 34.2 Å². The average Bonchev–Trinajstić information content (AvgIpc) is 2.69. The molecule has 0 aliphatic heterocycles. The maximum atomic E-state index is 13.8. The molecule has 1 heterocycles. The summed E-state index contributed by atoms with van der Waals surface area (Å²) in [5, 5.41) is 5.11. The Morgan fingerprint density at radius 1 is 1.32 bits per heavy atom. The minimum atomic E-state index is -0.241. The van der Waals surface area contributed by atoms with Crippen molar-refractivity contribution in [3.8, 4) is 0 Å². The predicted molar refractivity (Wildman–Crippen MR) is 84.2 cm³/mol. The van der Waals surface area contributed by atoms with E-state index in [0.29, 0.717) is 17.1 Å². The lowest BCUT2D eigenvalue weighted by Crippen LogP contribution is -2.08. The van der Waals surface area contributed by atoms with Crippen molar-refractivity contribution in [3.05, 3.63) is 49.6 Å². The van der Waals surface area contributed by atoms with Crippen LogP contribution in [0.15, 0.2) is 18.2 Å². The Balaban J connectivity index is 2.40. The highest BCUT2D eigenvalue weighted by molar-refractivity contribution is 14.1. The Morgan fingerprint density at radius 3 is 2.68 bits per heavy atom. The van der Waals surface area contributed by atoms with Gasteiger partial charge in [0.15, 0.2) is 0 Å². The first-order chi connectivity index (χ1) is 9.06. The van der Waals surface area contributed by atoms with Crippen LogP contribution in [0.1, 0.15) is 30.8 Å². The number of hydrogen-bond acceptors (Lipinski definition) is 1. The van der Waals surface area contributed by atoms with E-state index in [9.17, 15) is 4.39 Å². The number of aryl methyl sites for hydroxylation is 1. The van der Waals surface area contributed by atoms with Crippen LogP contribution >= 0.6 is 34.2 Å². The van der Waals surface area contributed by atoms with Crippen molar-refractivity contribution in [1.82, 2.24) is 9.78 Å². The molecule has 1 aromatic carbocycles. The zero-order valence-corrected chi connectivity index (χ0v) is 13.8. The van der Waals surface area contributed by atoms with E-state index in [0.717, 1.165) is 24.2 Å². The number of rotatable bonds is 4. The first kappa shape index (κ1) is 14.8. The minimum absolute atomic E-state index is 0.241. The molecule has 102 valence electrons. The quantitative estimate of drug-likeness (QED) is 0.703. The van der Waals surface area contributed by atoms with Gasteiger partial charge in [0.1, 0.15) is 5.82 Å². The van der Waals surface area contributed by atoms with Gasteiger partial charge in [0, 0.05) is 10.6 Å². The molecule has 0 aliphatic carbocycles. The maximum Gasteiger partial charge on any atom is 0.128 e. The lowest BCUT2D eigenvalue weighted by atomic mass is 10.2. The van der Waals surface area contributed by atoms with Crippen LogP contribution in [-0.2, 0) is 19.4 Å². The molecule has 2 nitrogen and oxygen atoms in total. The van der Waals surface area contributed by atoms with E-state index >= 15 is 0 Å². The molecule has 0 aliphatic rings. The minimum Gasteiger partial charge on any atom is -0.264 e. The molecule has 19 heavy (non-hydrogen) atoms. The normalized spacial score (nSPS) is 11.0. The van der Waals surface area contributed by atoms with Crippen LogP contribution < -0.4 is 0 Å². The van der Waals surface area contributed by atoms with Gasteiger partial charge in [-0.1, -0.05) is 25.4 Å². The highest BCUT2D eigenvalue weighted by atomic mass is 127. The Hall–Kier alpha value is -0.620. The molecule has 1 aromatic heterocycles. The summed E-state index contributed by atoms with van der Waals surface area (Å²) in [7, 11) is 0. The number of halogens is 3. The predicted octanol–water partition coefficient (Wildman–Crippen LogP) is 4.45. The third-order valence-electron chi connectivity index (χ3n) is 3.06. The molecule has 0 atom stereocenters. The van der Waals surface area contributed by atoms with Gasteiger partial charge in [0.05, 0.1) is 21.5 Å². The monoisotopic (exact) mass is 392 g/mol. The second-order valence-corrected chi connectivity index (χ2v) is 5.82. The summed E-state index contributed by atoms with van der Waals surface area (Å²) >= 11 is 8.24. The number of aromatic nitrogens is 2. The first-order valence-corrected chi connectivity index (χ1v) is 7.70. The first-order valence-electron chi connectivity index (χ1n) is 6.24. The van der Waals surface area contributed by atoms with Crippen molar-refractivity contribution in [1.29, 1.82) is 0 Å². The topological polar surface area (TPSA) is 17.8 Å². The van der Waals surface area contributed by atoms with E-state index in [1.165, 1.54) is 9.64 Å². The van der Waals surface area contributed by atoms with Crippen LogP contribution in [0.25, 0.3) is 0 Å². The SMILES string of the molecule is CCc1nn(Cc2cc(Cl)ccc2F)c(CC)c1I. The van der Waals surface area contributed by atoms with Gasteiger partial charge in [-0.15, -0.1) is 0 Å². The second-order valence-electron chi connectivity index (χ2n) is 4.31. The molecule has 0 saturated heterocycles. The molecule has 0 bridgehead atoms. The van der Waals surface area contributed by atoms with Crippen molar-refractivity contribution < 1.29 is 4.39 Å². The standard InChI is InChI=1S/C14H15ClFIN2/c1-3-12-14(17)13(4-2)19(18-12)8-9-7-10(15)5-6-11(9)16/h5-7H,3-4,8H2,1-2H3. The smallest absolute Gasteiger partial charge is 0.128 e. The highest BCUT2D eigenvalue weighted by Gasteiger charge is 2.14. The van der Waals surface area contributed by atoms with Crippen LogP contribution in [-0.4, -0.2) is 9.78 Å². The van der Waals surface area contributed by atoms with Gasteiger partial charge in [-0.05, 0) is 53.6 Å². The summed E-state index contributed by atoms with van der Waals surface area (Å²) < 4.78 is 16.8. The highest BCUT2D eigenvalue weighted by Crippen LogP contribution is 2.21. The second kappa shape index (κ2) is 6.22. The third kappa shape index (κ3) is 3.11. The molecule has 0 saturated carbocycles. The molecule has 0 spiro atoms. The summed E-state index contributed by atoms with van der Waals surface area (Å²) in [4.78, 5) is 0. The Morgan fingerprint density at radius 2 is 2.05 bits per heavy atom. The van der Waals surface area contributed by atoms with E-state index in [-0.39, 0.29) is 5.82 Å². The van der Waals surface area contributed by atoms with Crippen molar-refractivity contribution in [3.63, 3.8) is 0 Å². The molecule has 0 N–H and O–H groups in total. The zero-order chi connectivity index (χ0) is 14.0. The van der Waals surface area contributed by atoms with E-state index < -0.39 is 0 Å². The molecule has 0 amide bonds. The summed E-state index contributed by atoms with van der Waals surface area (Å²) in [6.07, 6.45) is 1.77. The summed E-state index contributed by atoms with van der Waals surface area (Å²) in [6.45, 7) is 4.59. The number of benzene rings is 1. The Labute approximate surface area is 131 Å². The van der Waals surface area contributed by atoms with Crippen molar-refractivity contribution in [2.75, 3.05) is 0 Å². The van der Waals surface area contributed by atoms with Gasteiger partial charge >= 0.3 is 0 Å². The molecule has 0 fully saturated rings. The fourth-order valence-corrected chi connectivity index (χ4v) is 3.39. The van der Waals surface area contributed by atoms with E-state index in [1.54, 1.807) is 12.1 Å². The van der Waals surface area contributed by atoms with E-state index in [4.69, 9.17) is 11.6 Å². The molecule has 0 unspecified atom stereocenters. The van der Waals surface area contributed by atoms with E-state index in [1.807, 2.05) is 4.68 Å². The van der Waals surface area contributed by atoms with Crippen LogP contribution in [0.4, 0.5) is 4.39 Å². The molecule has 2 aromatic rings. The summed E-state index contributed by atoms with van der Waals surface area (Å²) in [6, 6.07) is 4.63. The average molecular weight is 393 g/mol. The van der Waals surface area contributed by atoms with Crippen LogP contribution in [0.2, 0.25) is 5.02 Å². The van der Waals surface area contributed by atoms with Gasteiger partial charge in [-0.2, -0.15) is 5.10 Å². The zero-order valence-electron chi connectivity index (χ0n) is 10.9. The largest absolute Gasteiger partial charge is 0.264 e. The van der Waals surface area contributed by atoms with Gasteiger partial charge in [0.2, 0.25) is 0 Å². The van der Waals surface area contributed by atoms with E-state index in [2.05, 4.69) is 41.5 Å². The van der Waals surface area contributed by atoms with Gasteiger partial charge < -0.3 is 0 Å². The molecule has 5 heteroatoms. The molecular formula is C14H15ClFIN2. The number of hydrogen-bond donors (Lipinski definition) is 0. The fourth-order valence-electron chi connectivity index (χ4n) is 2.05. The molecule has 2 rings (SSSR count). The summed E-state index contributed by atoms with van der Waals surface area (Å²) in [5.74, 6) is -0.241. The van der Waals surface area contributed by atoms with Crippen LogP contribution in [0.3, 0.4) is 0 Å². The van der Waals surface area contributed by atoms with Crippen molar-refractivity contribution in [2.24, 2.45) is 0 Å². The third-order valence-corrected chi connectivity index (χ3v) is 4.54. The van der Waals surface area contributed by atoms with Gasteiger partial charge in [-0.3, -0.25) is 4.68 Å². The van der Waals surface area contributed by atoms with Gasteiger partial charge in [0.25, 0.3) is 0 Å². The fraction of sp³-hybridized carbons (Fsp3) is 0.357. The van der Waals surface area contributed by atoms with Crippen molar-refractivity contribution in [2.45, 2.75) is 33.2 Å². The lowest BCUT2D eigenvalue weighted by Gasteiger charge is -2.08. The summed E-state index contributed by atoms with van der Waals surface area (Å²) in [5.41, 5.74) is 2.79. The molecular weight excluding hydrogens is 378 g/mol. The Kier molecular flexibility index (Phi) is 4.84.